The van der Waals surface area contributed by atoms with Gasteiger partial charge < -0.3 is 20.2 Å². The highest BCUT2D eigenvalue weighted by Crippen LogP contribution is 2.37. The van der Waals surface area contributed by atoms with E-state index < -0.39 is 23.9 Å². The summed E-state index contributed by atoms with van der Waals surface area (Å²) in [4.78, 5) is 27.8. The highest BCUT2D eigenvalue weighted by Gasteiger charge is 2.42. The van der Waals surface area contributed by atoms with Crippen LogP contribution in [0.25, 0.3) is 0 Å². The van der Waals surface area contributed by atoms with Crippen LogP contribution in [0.5, 0.6) is 0 Å². The summed E-state index contributed by atoms with van der Waals surface area (Å²) in [5, 5.41) is 12.5. The lowest BCUT2D eigenvalue weighted by molar-refractivity contribution is -0.128. The van der Waals surface area contributed by atoms with Gasteiger partial charge in [0.25, 0.3) is 0 Å². The number of nitrogens with zero attached hydrogens (tertiary/aromatic N) is 2. The van der Waals surface area contributed by atoms with Gasteiger partial charge in [0.2, 0.25) is 11.8 Å². The van der Waals surface area contributed by atoms with Crippen molar-refractivity contribution in [1.82, 2.24) is 15.1 Å². The van der Waals surface area contributed by atoms with Gasteiger partial charge in [-0.3, -0.25) is 9.59 Å². The molecular weight excluding hydrogens is 313 g/mol. The Hall–Kier alpha value is -1.99. The molecule has 2 rings (SSSR count). The Balaban J connectivity index is 2.09. The summed E-state index contributed by atoms with van der Waals surface area (Å²) >= 11 is 0. The van der Waals surface area contributed by atoms with Crippen LogP contribution in [-0.2, 0) is 9.59 Å². The van der Waals surface area contributed by atoms with Gasteiger partial charge >= 0.3 is 0 Å². The van der Waals surface area contributed by atoms with Crippen molar-refractivity contribution in [3.63, 3.8) is 0 Å². The van der Waals surface area contributed by atoms with E-state index in [0.717, 1.165) is 0 Å². The lowest BCUT2D eigenvalue weighted by atomic mass is 9.93. The van der Waals surface area contributed by atoms with Crippen LogP contribution in [0.15, 0.2) is 24.3 Å². The normalized spacial score (nSPS) is 22.1. The molecule has 1 aromatic carbocycles. The summed E-state index contributed by atoms with van der Waals surface area (Å²) in [5.74, 6) is -1.46. The SMILES string of the molecule is CN(C)CC(O)CNC(=O)C1CC(=O)N(C)C1c1cccc(F)c1. The first kappa shape index (κ1) is 18.4. The van der Waals surface area contributed by atoms with Gasteiger partial charge in [-0.2, -0.15) is 0 Å². The van der Waals surface area contributed by atoms with Gasteiger partial charge in [0.15, 0.2) is 0 Å². The zero-order valence-electron chi connectivity index (χ0n) is 14.2. The highest BCUT2D eigenvalue weighted by atomic mass is 19.1. The standard InChI is InChI=1S/C17H24FN3O3/c1-20(2)10-13(22)9-19-17(24)14-8-15(23)21(3)16(14)11-5-4-6-12(18)7-11/h4-7,13-14,16,22H,8-10H2,1-3H3,(H,19,24). The molecule has 1 aliphatic heterocycles. The van der Waals surface area contributed by atoms with Crippen LogP contribution in [0, 0.1) is 11.7 Å². The molecule has 1 aliphatic rings. The van der Waals surface area contributed by atoms with E-state index in [9.17, 15) is 19.1 Å². The monoisotopic (exact) mass is 337 g/mol. The molecular formula is C17H24FN3O3. The Kier molecular flexibility index (Phi) is 5.90. The number of benzene rings is 1. The summed E-state index contributed by atoms with van der Waals surface area (Å²) in [6, 6.07) is 5.45. The maximum atomic E-state index is 13.5. The number of carbonyl (C=O) groups excluding carboxylic acids is 2. The third-order valence-electron chi connectivity index (χ3n) is 4.20. The molecule has 2 N–H and O–H groups in total. The Morgan fingerprint density at radius 2 is 2.21 bits per heavy atom. The van der Waals surface area contributed by atoms with Crippen LogP contribution < -0.4 is 5.32 Å². The summed E-state index contributed by atoms with van der Waals surface area (Å²) in [6.07, 6.45) is -0.612. The fraction of sp³-hybridized carbons (Fsp3) is 0.529. The average Bonchev–Trinajstić information content (AvgIpc) is 2.80. The molecule has 3 atom stereocenters. The molecule has 7 heteroatoms. The maximum Gasteiger partial charge on any atom is 0.226 e. The third kappa shape index (κ3) is 4.30. The molecule has 0 saturated carbocycles. The quantitative estimate of drug-likeness (QED) is 0.787. The molecule has 1 aromatic rings. The van der Waals surface area contributed by atoms with E-state index in [1.165, 1.54) is 17.0 Å². The van der Waals surface area contributed by atoms with Crippen LogP contribution in [0.2, 0.25) is 0 Å². The number of aliphatic hydroxyl groups excluding tert-OH is 1. The van der Waals surface area contributed by atoms with Crippen LogP contribution in [0.1, 0.15) is 18.0 Å². The lowest BCUT2D eigenvalue weighted by Gasteiger charge is -2.25. The molecule has 0 aliphatic carbocycles. The molecule has 132 valence electrons. The largest absolute Gasteiger partial charge is 0.390 e. The number of likely N-dealkylation sites (N-methyl/N-ethyl adjacent to an activating group) is 1. The number of carbonyl (C=O) groups is 2. The average molecular weight is 337 g/mol. The fourth-order valence-electron chi connectivity index (χ4n) is 3.09. The van der Waals surface area contributed by atoms with Crippen molar-refractivity contribution in [2.24, 2.45) is 5.92 Å². The Labute approximate surface area is 141 Å². The topological polar surface area (TPSA) is 72.9 Å². The van der Waals surface area contributed by atoms with Gasteiger partial charge in [0, 0.05) is 26.6 Å². The first-order valence-electron chi connectivity index (χ1n) is 7.91. The minimum Gasteiger partial charge on any atom is -0.390 e. The number of hydrogen-bond donors (Lipinski definition) is 2. The van der Waals surface area contributed by atoms with Crippen molar-refractivity contribution < 1.29 is 19.1 Å². The van der Waals surface area contributed by atoms with Crippen LogP contribution in [-0.4, -0.2) is 67.1 Å². The second-order valence-electron chi connectivity index (χ2n) is 6.48. The number of hydrogen-bond acceptors (Lipinski definition) is 4. The fourth-order valence-corrected chi connectivity index (χ4v) is 3.09. The molecule has 24 heavy (non-hydrogen) atoms. The van der Waals surface area contributed by atoms with E-state index >= 15 is 0 Å². The Morgan fingerprint density at radius 3 is 2.83 bits per heavy atom. The van der Waals surface area contributed by atoms with Gasteiger partial charge in [-0.1, -0.05) is 12.1 Å². The van der Waals surface area contributed by atoms with Crippen LogP contribution in [0.3, 0.4) is 0 Å². The zero-order chi connectivity index (χ0) is 17.9. The van der Waals surface area contributed by atoms with Crippen molar-refractivity contribution in [3.05, 3.63) is 35.6 Å². The first-order valence-corrected chi connectivity index (χ1v) is 7.91. The summed E-state index contributed by atoms with van der Waals surface area (Å²) < 4.78 is 13.5. The molecule has 1 saturated heterocycles. The molecule has 0 spiro atoms. The Bertz CT molecular complexity index is 608. The molecule has 3 unspecified atom stereocenters. The molecule has 1 heterocycles. The molecule has 6 nitrogen and oxygen atoms in total. The van der Waals surface area contributed by atoms with Crippen molar-refractivity contribution in [3.8, 4) is 0 Å². The van der Waals surface area contributed by atoms with E-state index in [2.05, 4.69) is 5.32 Å². The summed E-state index contributed by atoms with van der Waals surface area (Å²) in [6.45, 7) is 0.540. The van der Waals surface area contributed by atoms with Crippen molar-refractivity contribution >= 4 is 11.8 Å². The molecule has 1 fully saturated rings. The van der Waals surface area contributed by atoms with E-state index in [0.29, 0.717) is 12.1 Å². The van der Waals surface area contributed by atoms with E-state index in [4.69, 9.17) is 0 Å². The third-order valence-corrected chi connectivity index (χ3v) is 4.20. The van der Waals surface area contributed by atoms with Gasteiger partial charge in [0.1, 0.15) is 5.82 Å². The zero-order valence-corrected chi connectivity index (χ0v) is 14.2. The first-order chi connectivity index (χ1) is 11.3. The maximum absolute atomic E-state index is 13.5. The molecule has 0 aromatic heterocycles. The van der Waals surface area contributed by atoms with Gasteiger partial charge in [-0.05, 0) is 31.8 Å². The predicted octanol–water partition coefficient (Wildman–Crippen LogP) is 0.384. The summed E-state index contributed by atoms with van der Waals surface area (Å²) in [7, 11) is 5.28. The van der Waals surface area contributed by atoms with E-state index in [1.807, 2.05) is 19.0 Å². The second-order valence-corrected chi connectivity index (χ2v) is 6.48. The second kappa shape index (κ2) is 7.72. The Morgan fingerprint density at radius 1 is 1.50 bits per heavy atom. The molecule has 2 amide bonds. The molecule has 0 bridgehead atoms. The van der Waals surface area contributed by atoms with E-state index in [1.54, 1.807) is 19.2 Å². The number of halogens is 1. The number of amides is 2. The number of rotatable bonds is 6. The van der Waals surface area contributed by atoms with Crippen LogP contribution in [0.4, 0.5) is 4.39 Å². The van der Waals surface area contributed by atoms with Crippen molar-refractivity contribution in [2.45, 2.75) is 18.6 Å². The van der Waals surface area contributed by atoms with Gasteiger partial charge in [-0.25, -0.2) is 4.39 Å². The van der Waals surface area contributed by atoms with Crippen LogP contribution >= 0.6 is 0 Å². The van der Waals surface area contributed by atoms with Gasteiger partial charge in [-0.15, -0.1) is 0 Å². The summed E-state index contributed by atoms with van der Waals surface area (Å²) in [5.41, 5.74) is 0.595. The minimum absolute atomic E-state index is 0.0767. The smallest absolute Gasteiger partial charge is 0.226 e. The number of likely N-dealkylation sites (tertiary alicyclic amines) is 1. The number of nitrogens with one attached hydrogen (secondary N) is 1. The van der Waals surface area contributed by atoms with Gasteiger partial charge in [0.05, 0.1) is 18.1 Å². The predicted molar refractivity (Wildman–Crippen MR) is 87.6 cm³/mol. The minimum atomic E-state index is -0.689. The van der Waals surface area contributed by atoms with E-state index in [-0.39, 0.29) is 24.8 Å². The lowest BCUT2D eigenvalue weighted by Crippen LogP contribution is -2.41. The number of aliphatic hydroxyl groups is 1. The highest BCUT2D eigenvalue weighted by molar-refractivity contribution is 5.90. The van der Waals surface area contributed by atoms with Crippen molar-refractivity contribution in [1.29, 1.82) is 0 Å². The molecule has 0 radical (unpaired) electrons. The van der Waals surface area contributed by atoms with Crippen molar-refractivity contribution in [2.75, 3.05) is 34.2 Å².